The van der Waals surface area contributed by atoms with Crippen molar-refractivity contribution in [2.45, 2.75) is 26.2 Å². The number of carbonyl (C=O) groups excluding carboxylic acids is 1. The fourth-order valence-corrected chi connectivity index (χ4v) is 1.36. The number of likely N-dealkylation sites (tertiary alicyclic amines) is 1. The second-order valence-electron chi connectivity index (χ2n) is 3.10. The highest BCUT2D eigenvalue weighted by Gasteiger charge is 2.18. The van der Waals surface area contributed by atoms with Gasteiger partial charge in [-0.2, -0.15) is 0 Å². The maximum absolute atomic E-state index is 11.1. The highest BCUT2D eigenvalue weighted by Crippen LogP contribution is 2.08. The van der Waals surface area contributed by atoms with E-state index in [2.05, 4.69) is 6.92 Å². The lowest BCUT2D eigenvalue weighted by atomic mass is 10.4. The van der Waals surface area contributed by atoms with Crippen LogP contribution in [0.4, 0.5) is 0 Å². The Morgan fingerprint density at radius 3 is 2.92 bits per heavy atom. The molecule has 1 rings (SSSR count). The van der Waals surface area contributed by atoms with Crippen molar-refractivity contribution in [2.24, 2.45) is 0 Å². The number of hydrogen-bond acceptors (Lipinski definition) is 2. The van der Waals surface area contributed by atoms with Gasteiger partial charge in [-0.25, -0.2) is 0 Å². The van der Waals surface area contributed by atoms with E-state index in [-0.39, 0.29) is 5.91 Å². The standard InChI is InChI=1S/C9H17NO2/c1-2-7-12-8-6-10-5-3-4-9(10)11/h2-8H2,1H3. The molecule has 0 N–H and O–H groups in total. The van der Waals surface area contributed by atoms with Crippen LogP contribution >= 0.6 is 0 Å². The van der Waals surface area contributed by atoms with Crippen molar-refractivity contribution in [1.29, 1.82) is 0 Å². The van der Waals surface area contributed by atoms with Crippen LogP contribution in [0.1, 0.15) is 26.2 Å². The van der Waals surface area contributed by atoms with Crippen molar-refractivity contribution in [3.8, 4) is 0 Å². The van der Waals surface area contributed by atoms with Crippen molar-refractivity contribution in [1.82, 2.24) is 4.90 Å². The van der Waals surface area contributed by atoms with E-state index >= 15 is 0 Å². The van der Waals surface area contributed by atoms with Gasteiger partial charge in [0, 0.05) is 26.1 Å². The van der Waals surface area contributed by atoms with Gasteiger partial charge in [0.1, 0.15) is 0 Å². The fourth-order valence-electron chi connectivity index (χ4n) is 1.36. The second-order valence-corrected chi connectivity index (χ2v) is 3.10. The van der Waals surface area contributed by atoms with Crippen LogP contribution in [-0.2, 0) is 9.53 Å². The number of ether oxygens (including phenoxy) is 1. The van der Waals surface area contributed by atoms with Gasteiger partial charge in [-0.3, -0.25) is 4.79 Å². The second kappa shape index (κ2) is 5.14. The molecule has 0 radical (unpaired) electrons. The first-order valence-electron chi connectivity index (χ1n) is 4.70. The highest BCUT2D eigenvalue weighted by molar-refractivity contribution is 5.77. The predicted molar refractivity (Wildman–Crippen MR) is 46.9 cm³/mol. The normalized spacial score (nSPS) is 17.4. The molecular formula is C9H17NO2. The van der Waals surface area contributed by atoms with Crippen LogP contribution < -0.4 is 0 Å². The Kier molecular flexibility index (Phi) is 4.08. The molecule has 1 heterocycles. The molecule has 0 atom stereocenters. The quantitative estimate of drug-likeness (QED) is 0.578. The summed E-state index contributed by atoms with van der Waals surface area (Å²) in [6.07, 6.45) is 2.80. The van der Waals surface area contributed by atoms with Crippen LogP contribution in [-0.4, -0.2) is 37.1 Å². The third kappa shape index (κ3) is 2.81. The lowest BCUT2D eigenvalue weighted by molar-refractivity contribution is -0.128. The summed E-state index contributed by atoms with van der Waals surface area (Å²) in [6, 6.07) is 0. The fraction of sp³-hybridized carbons (Fsp3) is 0.889. The van der Waals surface area contributed by atoms with Crippen molar-refractivity contribution in [3.63, 3.8) is 0 Å². The van der Waals surface area contributed by atoms with Crippen LogP contribution in [0, 0.1) is 0 Å². The third-order valence-corrected chi connectivity index (χ3v) is 2.03. The molecule has 3 heteroatoms. The minimum absolute atomic E-state index is 0.287. The monoisotopic (exact) mass is 171 g/mol. The van der Waals surface area contributed by atoms with E-state index in [0.717, 1.165) is 39.0 Å². The first-order chi connectivity index (χ1) is 5.84. The average Bonchev–Trinajstić information content (AvgIpc) is 2.46. The summed E-state index contributed by atoms with van der Waals surface area (Å²) in [5.74, 6) is 0.287. The molecule has 1 aliphatic heterocycles. The molecule has 12 heavy (non-hydrogen) atoms. The topological polar surface area (TPSA) is 29.5 Å². The van der Waals surface area contributed by atoms with Gasteiger partial charge in [-0.1, -0.05) is 6.92 Å². The highest BCUT2D eigenvalue weighted by atomic mass is 16.5. The van der Waals surface area contributed by atoms with Gasteiger partial charge in [-0.05, 0) is 12.8 Å². The Hall–Kier alpha value is -0.570. The Morgan fingerprint density at radius 2 is 2.33 bits per heavy atom. The van der Waals surface area contributed by atoms with Gasteiger partial charge in [0.25, 0.3) is 0 Å². The van der Waals surface area contributed by atoms with E-state index in [9.17, 15) is 4.79 Å². The first kappa shape index (κ1) is 9.52. The maximum atomic E-state index is 11.1. The Labute approximate surface area is 73.7 Å². The van der Waals surface area contributed by atoms with Crippen LogP contribution in [0.25, 0.3) is 0 Å². The summed E-state index contributed by atoms with van der Waals surface area (Å²) in [7, 11) is 0. The number of amides is 1. The SMILES string of the molecule is CCCOCCN1CCCC1=O. The Bertz CT molecular complexity index is 147. The molecular weight excluding hydrogens is 154 g/mol. The minimum Gasteiger partial charge on any atom is -0.380 e. The maximum Gasteiger partial charge on any atom is 0.222 e. The van der Waals surface area contributed by atoms with Gasteiger partial charge in [0.2, 0.25) is 5.91 Å². The summed E-state index contributed by atoms with van der Waals surface area (Å²) in [5, 5.41) is 0. The van der Waals surface area contributed by atoms with Crippen molar-refractivity contribution >= 4 is 5.91 Å². The lowest BCUT2D eigenvalue weighted by Crippen LogP contribution is -2.28. The molecule has 0 unspecified atom stereocenters. The van der Waals surface area contributed by atoms with E-state index in [1.165, 1.54) is 0 Å². The summed E-state index contributed by atoms with van der Waals surface area (Å²) in [6.45, 7) is 5.29. The molecule has 70 valence electrons. The summed E-state index contributed by atoms with van der Waals surface area (Å²) < 4.78 is 5.30. The van der Waals surface area contributed by atoms with Crippen molar-refractivity contribution in [2.75, 3.05) is 26.3 Å². The first-order valence-corrected chi connectivity index (χ1v) is 4.70. The van der Waals surface area contributed by atoms with E-state index in [1.807, 2.05) is 4.90 Å². The molecule has 0 spiro atoms. The predicted octanol–water partition coefficient (Wildman–Crippen LogP) is 1.04. The van der Waals surface area contributed by atoms with Crippen molar-refractivity contribution < 1.29 is 9.53 Å². The van der Waals surface area contributed by atoms with Gasteiger partial charge >= 0.3 is 0 Å². The zero-order valence-corrected chi connectivity index (χ0v) is 7.71. The van der Waals surface area contributed by atoms with Crippen molar-refractivity contribution in [3.05, 3.63) is 0 Å². The van der Waals surface area contributed by atoms with E-state index in [4.69, 9.17) is 4.74 Å². The molecule has 0 aromatic heterocycles. The molecule has 3 nitrogen and oxygen atoms in total. The van der Waals surface area contributed by atoms with E-state index < -0.39 is 0 Å². The summed E-state index contributed by atoms with van der Waals surface area (Å²) >= 11 is 0. The largest absolute Gasteiger partial charge is 0.380 e. The van der Waals surface area contributed by atoms with Crippen LogP contribution in [0.15, 0.2) is 0 Å². The number of carbonyl (C=O) groups is 1. The molecule has 0 aromatic carbocycles. The molecule has 0 aromatic rings. The van der Waals surface area contributed by atoms with Gasteiger partial charge in [-0.15, -0.1) is 0 Å². The van der Waals surface area contributed by atoms with Crippen LogP contribution in [0.3, 0.4) is 0 Å². The molecule has 0 bridgehead atoms. The molecule has 1 saturated heterocycles. The van der Waals surface area contributed by atoms with E-state index in [1.54, 1.807) is 0 Å². The third-order valence-electron chi connectivity index (χ3n) is 2.03. The Balaban J connectivity index is 2.02. The van der Waals surface area contributed by atoms with Crippen LogP contribution in [0.2, 0.25) is 0 Å². The molecule has 0 saturated carbocycles. The Morgan fingerprint density at radius 1 is 1.50 bits per heavy atom. The molecule has 0 aliphatic carbocycles. The number of nitrogens with zero attached hydrogens (tertiary/aromatic N) is 1. The summed E-state index contributed by atoms with van der Waals surface area (Å²) in [5.41, 5.74) is 0. The van der Waals surface area contributed by atoms with Gasteiger partial charge in [0.05, 0.1) is 6.61 Å². The molecule has 1 aliphatic rings. The van der Waals surface area contributed by atoms with Crippen LogP contribution in [0.5, 0.6) is 0 Å². The zero-order chi connectivity index (χ0) is 8.81. The number of rotatable bonds is 5. The summed E-state index contributed by atoms with van der Waals surface area (Å²) in [4.78, 5) is 13.0. The molecule has 1 fully saturated rings. The molecule has 1 amide bonds. The zero-order valence-electron chi connectivity index (χ0n) is 7.71. The number of hydrogen-bond donors (Lipinski definition) is 0. The average molecular weight is 171 g/mol. The van der Waals surface area contributed by atoms with E-state index in [0.29, 0.717) is 6.61 Å². The smallest absolute Gasteiger partial charge is 0.222 e. The minimum atomic E-state index is 0.287. The lowest BCUT2D eigenvalue weighted by Gasteiger charge is -2.14. The van der Waals surface area contributed by atoms with Gasteiger partial charge < -0.3 is 9.64 Å². The van der Waals surface area contributed by atoms with Gasteiger partial charge in [0.15, 0.2) is 0 Å².